The first-order valence-corrected chi connectivity index (χ1v) is 9.17. The van der Waals surface area contributed by atoms with Crippen LogP contribution < -0.4 is 11.1 Å². The lowest BCUT2D eigenvalue weighted by Gasteiger charge is -2.18. The van der Waals surface area contributed by atoms with Crippen molar-refractivity contribution < 1.29 is 14.5 Å². The van der Waals surface area contributed by atoms with E-state index in [1.54, 1.807) is 0 Å². The van der Waals surface area contributed by atoms with E-state index in [0.29, 0.717) is 16.5 Å². The second-order valence-electron chi connectivity index (χ2n) is 6.30. The molecule has 9 heteroatoms. The van der Waals surface area contributed by atoms with E-state index >= 15 is 0 Å². The zero-order valence-corrected chi connectivity index (χ0v) is 15.4. The summed E-state index contributed by atoms with van der Waals surface area (Å²) in [6.07, 6.45) is 2.57. The van der Waals surface area contributed by atoms with Crippen molar-refractivity contribution in [1.29, 1.82) is 0 Å². The predicted molar refractivity (Wildman–Crippen MR) is 100 cm³/mol. The number of anilines is 1. The zero-order chi connectivity index (χ0) is 19.0. The van der Waals surface area contributed by atoms with Crippen LogP contribution in [0.3, 0.4) is 0 Å². The fourth-order valence-electron chi connectivity index (χ4n) is 3.08. The highest BCUT2D eigenvalue weighted by atomic mass is 35.5. The molecule has 0 fully saturated rings. The van der Waals surface area contributed by atoms with Gasteiger partial charge in [-0.25, -0.2) is 0 Å². The number of hydrogen-bond donors (Lipinski definition) is 2. The number of aryl methyl sites for hydroxylation is 1. The molecule has 1 atom stereocenters. The summed E-state index contributed by atoms with van der Waals surface area (Å²) < 4.78 is 0. The van der Waals surface area contributed by atoms with E-state index in [0.717, 1.165) is 35.8 Å². The maximum absolute atomic E-state index is 12.6. The maximum Gasteiger partial charge on any atom is 0.270 e. The second-order valence-corrected chi connectivity index (χ2v) is 7.81. The molecule has 136 valence electrons. The normalized spacial score (nSPS) is 16.0. The molecule has 1 aliphatic rings. The number of nitro benzene ring substituents is 1. The third kappa shape index (κ3) is 3.42. The van der Waals surface area contributed by atoms with Crippen LogP contribution in [-0.2, 0) is 12.8 Å². The van der Waals surface area contributed by atoms with Gasteiger partial charge in [0, 0.05) is 17.0 Å². The molecule has 0 saturated heterocycles. The number of nitrogens with one attached hydrogen (secondary N) is 1. The Bertz CT molecular complexity index is 925. The molecule has 7 nitrogen and oxygen atoms in total. The van der Waals surface area contributed by atoms with Crippen LogP contribution in [-0.4, -0.2) is 16.7 Å². The molecule has 0 aliphatic heterocycles. The van der Waals surface area contributed by atoms with Crippen molar-refractivity contribution in [3.8, 4) is 0 Å². The Morgan fingerprint density at radius 3 is 2.81 bits per heavy atom. The molecule has 1 heterocycles. The highest BCUT2D eigenvalue weighted by Gasteiger charge is 2.28. The number of nitrogens with zero attached hydrogens (tertiary/aromatic N) is 1. The summed E-state index contributed by atoms with van der Waals surface area (Å²) in [6, 6.07) is 3.63. The van der Waals surface area contributed by atoms with Gasteiger partial charge < -0.3 is 11.1 Å². The van der Waals surface area contributed by atoms with Gasteiger partial charge in [-0.3, -0.25) is 19.7 Å². The largest absolute Gasteiger partial charge is 0.365 e. The van der Waals surface area contributed by atoms with Crippen LogP contribution in [0.15, 0.2) is 18.2 Å². The van der Waals surface area contributed by atoms with Crippen molar-refractivity contribution in [2.24, 2.45) is 11.7 Å². The molecule has 0 bridgehead atoms. The molecular formula is C17H16ClN3O4S. The van der Waals surface area contributed by atoms with E-state index in [4.69, 9.17) is 17.3 Å². The third-order valence-electron chi connectivity index (χ3n) is 4.39. The molecule has 26 heavy (non-hydrogen) atoms. The molecule has 1 aliphatic carbocycles. The lowest BCUT2D eigenvalue weighted by atomic mass is 9.87. The molecule has 2 aromatic rings. The van der Waals surface area contributed by atoms with Gasteiger partial charge in [-0.1, -0.05) is 18.5 Å². The lowest BCUT2D eigenvalue weighted by molar-refractivity contribution is -0.384. The van der Waals surface area contributed by atoms with E-state index < -0.39 is 16.7 Å². The van der Waals surface area contributed by atoms with Crippen molar-refractivity contribution in [3.63, 3.8) is 0 Å². The Morgan fingerprint density at radius 2 is 2.15 bits per heavy atom. The first-order chi connectivity index (χ1) is 12.3. The summed E-state index contributed by atoms with van der Waals surface area (Å²) in [5, 5.41) is 14.0. The minimum absolute atomic E-state index is 0.0315. The van der Waals surface area contributed by atoms with Crippen molar-refractivity contribution in [1.82, 2.24) is 0 Å². The van der Waals surface area contributed by atoms with Crippen molar-refractivity contribution in [2.75, 3.05) is 5.32 Å². The zero-order valence-electron chi connectivity index (χ0n) is 13.9. The van der Waals surface area contributed by atoms with E-state index in [9.17, 15) is 19.7 Å². The minimum Gasteiger partial charge on any atom is -0.365 e. The number of fused-ring (bicyclic) bond motifs is 1. The first-order valence-electron chi connectivity index (χ1n) is 7.97. The summed E-state index contributed by atoms with van der Waals surface area (Å²) in [4.78, 5) is 35.9. The average molecular weight is 394 g/mol. The van der Waals surface area contributed by atoms with Crippen LogP contribution in [0.5, 0.6) is 0 Å². The monoisotopic (exact) mass is 393 g/mol. The maximum atomic E-state index is 12.6. The predicted octanol–water partition coefficient (Wildman–Crippen LogP) is 3.79. The van der Waals surface area contributed by atoms with E-state index in [1.165, 1.54) is 23.5 Å². The van der Waals surface area contributed by atoms with Crippen LogP contribution >= 0.6 is 22.9 Å². The first kappa shape index (κ1) is 18.3. The summed E-state index contributed by atoms with van der Waals surface area (Å²) in [5.41, 5.74) is 6.48. The molecule has 0 spiro atoms. The number of benzene rings is 1. The van der Waals surface area contributed by atoms with Gasteiger partial charge in [0.2, 0.25) is 0 Å². The summed E-state index contributed by atoms with van der Waals surface area (Å²) >= 11 is 7.33. The van der Waals surface area contributed by atoms with Gasteiger partial charge in [-0.2, -0.15) is 0 Å². The Morgan fingerprint density at radius 1 is 1.42 bits per heavy atom. The van der Waals surface area contributed by atoms with Gasteiger partial charge in [0.1, 0.15) is 5.00 Å². The van der Waals surface area contributed by atoms with Crippen LogP contribution in [0.1, 0.15) is 44.5 Å². The van der Waals surface area contributed by atoms with Crippen LogP contribution in [0.2, 0.25) is 5.02 Å². The molecule has 3 rings (SSSR count). The lowest BCUT2D eigenvalue weighted by Crippen LogP contribution is -2.20. The van der Waals surface area contributed by atoms with Gasteiger partial charge in [0.05, 0.1) is 21.1 Å². The standard InChI is InChI=1S/C17H16ClN3O4S/c1-8-2-5-13-11(6-8)14(15(19)22)17(26-13)20-16(23)10-7-9(21(24)25)3-4-12(10)18/h3-4,7-8H,2,5-6H2,1H3,(H2,19,22)(H,20,23)/t8-/m1/s1. The topological polar surface area (TPSA) is 115 Å². The molecule has 3 N–H and O–H groups in total. The Labute approximate surface area is 158 Å². The Balaban J connectivity index is 1.97. The van der Waals surface area contributed by atoms with Gasteiger partial charge >= 0.3 is 0 Å². The molecule has 1 aromatic heterocycles. The number of nitro groups is 1. The highest BCUT2D eigenvalue weighted by molar-refractivity contribution is 7.17. The van der Waals surface area contributed by atoms with Crippen molar-refractivity contribution >= 4 is 45.4 Å². The number of rotatable bonds is 4. The van der Waals surface area contributed by atoms with Gasteiger partial charge in [0.15, 0.2) is 0 Å². The fraction of sp³-hybridized carbons (Fsp3) is 0.294. The van der Waals surface area contributed by atoms with Crippen LogP contribution in [0.4, 0.5) is 10.7 Å². The summed E-state index contributed by atoms with van der Waals surface area (Å²) in [5.74, 6) is -0.783. The second kappa shape index (κ2) is 7.05. The third-order valence-corrected chi connectivity index (χ3v) is 5.92. The smallest absolute Gasteiger partial charge is 0.270 e. The molecule has 0 saturated carbocycles. The molecule has 0 unspecified atom stereocenters. The van der Waals surface area contributed by atoms with Crippen LogP contribution in [0.25, 0.3) is 0 Å². The van der Waals surface area contributed by atoms with Gasteiger partial charge in [-0.05, 0) is 36.8 Å². The number of nitrogens with two attached hydrogens (primary N) is 1. The average Bonchev–Trinajstić information content (AvgIpc) is 2.91. The van der Waals surface area contributed by atoms with Gasteiger partial charge in [0.25, 0.3) is 17.5 Å². The number of carbonyl (C=O) groups excluding carboxylic acids is 2. The van der Waals surface area contributed by atoms with Crippen molar-refractivity contribution in [2.45, 2.75) is 26.2 Å². The van der Waals surface area contributed by atoms with E-state index in [-0.39, 0.29) is 16.3 Å². The number of amides is 2. The molecule has 0 radical (unpaired) electrons. The molecule has 1 aromatic carbocycles. The minimum atomic E-state index is -0.618. The molecule has 2 amide bonds. The Hall–Kier alpha value is -2.45. The number of carbonyl (C=O) groups is 2. The number of halogens is 1. The molecular weight excluding hydrogens is 378 g/mol. The SMILES string of the molecule is C[C@@H]1CCc2sc(NC(=O)c3cc([N+](=O)[O-])ccc3Cl)c(C(N)=O)c2C1. The number of non-ortho nitro benzene ring substituents is 1. The van der Waals surface area contributed by atoms with Gasteiger partial charge in [-0.15, -0.1) is 11.3 Å². The number of primary amides is 1. The van der Waals surface area contributed by atoms with E-state index in [2.05, 4.69) is 12.2 Å². The summed E-state index contributed by atoms with van der Waals surface area (Å²) in [6.45, 7) is 2.10. The summed E-state index contributed by atoms with van der Waals surface area (Å²) in [7, 11) is 0. The quantitative estimate of drug-likeness (QED) is 0.607. The van der Waals surface area contributed by atoms with E-state index in [1.807, 2.05) is 0 Å². The highest BCUT2D eigenvalue weighted by Crippen LogP contribution is 2.39. The number of hydrogen-bond acceptors (Lipinski definition) is 5. The fourth-order valence-corrected chi connectivity index (χ4v) is 4.53. The number of thiophene rings is 1. The van der Waals surface area contributed by atoms with Crippen molar-refractivity contribution in [3.05, 3.63) is 54.9 Å². The Kier molecular flexibility index (Phi) is 4.97. The van der Waals surface area contributed by atoms with Crippen LogP contribution in [0, 0.1) is 16.0 Å².